The van der Waals surface area contributed by atoms with Gasteiger partial charge in [0.05, 0.1) is 12.7 Å². The Bertz CT molecular complexity index is 1170. The van der Waals surface area contributed by atoms with Gasteiger partial charge in [-0.05, 0) is 31.0 Å². The SMILES string of the molecule is C[C@H]1O[C@@H](O[C@H]2[C@@H](Oc3cc(O)c(C(=O)CCc4ccc(O)cc4)c(O)c3)O[C@@H](CO)[C@@H](O)[C@H]2O)[C@@H](O)[C@@H](O)[C@H]1O. The van der Waals surface area contributed by atoms with Gasteiger partial charge in [0.15, 0.2) is 18.2 Å². The van der Waals surface area contributed by atoms with Crippen LogP contribution in [0.4, 0.5) is 0 Å². The molecule has 226 valence electrons. The molecule has 2 aromatic rings. The topological polar surface area (TPSA) is 236 Å². The van der Waals surface area contributed by atoms with Crippen molar-refractivity contribution in [3.63, 3.8) is 0 Å². The standard InChI is InChI=1S/C27H34O14/c1-11-20(33)22(35)24(37)26(38-11)41-25-23(36)21(34)18(10-28)40-27(25)39-14-8-16(31)19(17(32)9-14)15(30)7-4-12-2-5-13(29)6-3-12/h2-3,5-6,8-9,11,18,20-29,31-37H,4,7,10H2,1H3/t11-,18+,20+,21-,22+,23-,24+,25-,26+,27+/m1/s1. The third kappa shape index (κ3) is 6.72. The van der Waals surface area contributed by atoms with Crippen LogP contribution in [0.5, 0.6) is 23.0 Å². The highest BCUT2D eigenvalue weighted by molar-refractivity contribution is 6.01. The number of phenols is 3. The number of benzene rings is 2. The van der Waals surface area contributed by atoms with E-state index in [4.69, 9.17) is 18.9 Å². The van der Waals surface area contributed by atoms with Gasteiger partial charge in [0.2, 0.25) is 6.29 Å². The third-order valence-corrected chi connectivity index (χ3v) is 7.10. The summed E-state index contributed by atoms with van der Waals surface area (Å²) >= 11 is 0. The van der Waals surface area contributed by atoms with E-state index in [1.165, 1.54) is 19.1 Å². The van der Waals surface area contributed by atoms with Crippen molar-refractivity contribution in [2.75, 3.05) is 6.61 Å². The molecule has 4 rings (SSSR count). The van der Waals surface area contributed by atoms with Gasteiger partial charge in [-0.15, -0.1) is 0 Å². The lowest BCUT2D eigenvalue weighted by molar-refractivity contribution is -0.354. The fourth-order valence-electron chi connectivity index (χ4n) is 4.70. The molecule has 2 aliphatic heterocycles. The molecule has 0 saturated carbocycles. The molecular formula is C27H34O14. The minimum atomic E-state index is -1.77. The number of hydrogen-bond acceptors (Lipinski definition) is 14. The number of rotatable bonds is 9. The van der Waals surface area contributed by atoms with E-state index < -0.39 is 85.3 Å². The molecule has 2 aromatic carbocycles. The summed E-state index contributed by atoms with van der Waals surface area (Å²) in [7, 11) is 0. The van der Waals surface area contributed by atoms with Gasteiger partial charge in [0.25, 0.3) is 0 Å². The number of aliphatic hydroxyl groups is 6. The maximum atomic E-state index is 12.7. The van der Waals surface area contributed by atoms with Gasteiger partial charge in [-0.2, -0.15) is 0 Å². The summed E-state index contributed by atoms with van der Waals surface area (Å²) in [6, 6.07) is 8.22. The average Bonchev–Trinajstić information content (AvgIpc) is 2.93. The zero-order valence-electron chi connectivity index (χ0n) is 21.9. The van der Waals surface area contributed by atoms with Gasteiger partial charge in [-0.25, -0.2) is 0 Å². The van der Waals surface area contributed by atoms with E-state index in [0.717, 1.165) is 17.7 Å². The van der Waals surface area contributed by atoms with Crippen LogP contribution in [-0.4, -0.2) is 120 Å². The van der Waals surface area contributed by atoms with Crippen LogP contribution in [-0.2, 0) is 20.6 Å². The van der Waals surface area contributed by atoms with Crippen molar-refractivity contribution in [2.24, 2.45) is 0 Å². The van der Waals surface area contributed by atoms with Crippen LogP contribution in [0.25, 0.3) is 0 Å². The second-order valence-electron chi connectivity index (χ2n) is 10.0. The Morgan fingerprint density at radius 1 is 0.829 bits per heavy atom. The molecule has 10 atom stereocenters. The Labute approximate surface area is 234 Å². The van der Waals surface area contributed by atoms with Crippen LogP contribution in [0.1, 0.15) is 29.3 Å². The molecule has 2 saturated heterocycles. The number of phenolic OH excluding ortho intramolecular Hbond substituents is 3. The highest BCUT2D eigenvalue weighted by Crippen LogP contribution is 2.36. The van der Waals surface area contributed by atoms with E-state index in [1.54, 1.807) is 12.1 Å². The minimum absolute atomic E-state index is 0.0706. The number of aliphatic hydroxyl groups excluding tert-OH is 6. The first-order chi connectivity index (χ1) is 19.4. The van der Waals surface area contributed by atoms with Gasteiger partial charge < -0.3 is 64.9 Å². The molecule has 0 radical (unpaired) electrons. The van der Waals surface area contributed by atoms with E-state index in [-0.39, 0.29) is 29.9 Å². The summed E-state index contributed by atoms with van der Waals surface area (Å²) < 4.78 is 22.2. The predicted octanol–water partition coefficient (Wildman–Crippen LogP) is -1.35. The first-order valence-corrected chi connectivity index (χ1v) is 12.9. The summed E-state index contributed by atoms with van der Waals surface area (Å²) in [5.41, 5.74) is 0.385. The fourth-order valence-corrected chi connectivity index (χ4v) is 4.70. The Hall–Kier alpha value is -3.05. The highest BCUT2D eigenvalue weighted by atomic mass is 16.8. The van der Waals surface area contributed by atoms with Crippen molar-refractivity contribution in [1.29, 1.82) is 0 Å². The summed E-state index contributed by atoms with van der Waals surface area (Å²) in [6.45, 7) is 0.675. The van der Waals surface area contributed by atoms with Crippen LogP contribution in [0.2, 0.25) is 0 Å². The molecule has 2 heterocycles. The zero-order chi connectivity index (χ0) is 30.0. The fraction of sp³-hybridized carbons (Fsp3) is 0.519. The molecule has 2 fully saturated rings. The smallest absolute Gasteiger partial charge is 0.229 e. The highest BCUT2D eigenvalue weighted by Gasteiger charge is 2.51. The summed E-state index contributed by atoms with van der Waals surface area (Å²) in [6.07, 6.45) is -15.3. The van der Waals surface area contributed by atoms with Crippen molar-refractivity contribution >= 4 is 5.78 Å². The first kappa shape index (κ1) is 30.9. The molecule has 0 bridgehead atoms. The molecule has 0 aliphatic carbocycles. The third-order valence-electron chi connectivity index (χ3n) is 7.10. The van der Waals surface area contributed by atoms with Crippen molar-refractivity contribution in [1.82, 2.24) is 0 Å². The van der Waals surface area contributed by atoms with Gasteiger partial charge in [0, 0.05) is 18.6 Å². The molecular weight excluding hydrogens is 548 g/mol. The van der Waals surface area contributed by atoms with Gasteiger partial charge in [0.1, 0.15) is 65.2 Å². The minimum Gasteiger partial charge on any atom is -0.508 e. The Morgan fingerprint density at radius 2 is 1.46 bits per heavy atom. The average molecular weight is 583 g/mol. The lowest BCUT2D eigenvalue weighted by atomic mass is 9.97. The Kier molecular flexibility index (Phi) is 9.69. The van der Waals surface area contributed by atoms with Gasteiger partial charge in [-0.3, -0.25) is 4.79 Å². The number of carbonyl (C=O) groups excluding carboxylic acids is 1. The van der Waals surface area contributed by atoms with E-state index in [1.807, 2.05) is 0 Å². The Balaban J connectivity index is 1.52. The van der Waals surface area contributed by atoms with Crippen molar-refractivity contribution in [3.05, 3.63) is 47.5 Å². The van der Waals surface area contributed by atoms with Crippen LogP contribution in [0.15, 0.2) is 36.4 Å². The van der Waals surface area contributed by atoms with Crippen LogP contribution in [0, 0.1) is 0 Å². The second-order valence-corrected chi connectivity index (χ2v) is 10.0. The van der Waals surface area contributed by atoms with Crippen molar-refractivity contribution in [2.45, 2.75) is 81.2 Å². The number of aryl methyl sites for hydroxylation is 1. The van der Waals surface area contributed by atoms with E-state index in [2.05, 4.69) is 0 Å². The van der Waals surface area contributed by atoms with Gasteiger partial charge in [-0.1, -0.05) is 12.1 Å². The van der Waals surface area contributed by atoms with Crippen LogP contribution >= 0.6 is 0 Å². The molecule has 14 nitrogen and oxygen atoms in total. The number of carbonyl (C=O) groups is 1. The molecule has 41 heavy (non-hydrogen) atoms. The maximum absolute atomic E-state index is 12.7. The monoisotopic (exact) mass is 582 g/mol. The predicted molar refractivity (Wildman–Crippen MR) is 136 cm³/mol. The summed E-state index contributed by atoms with van der Waals surface area (Å²) in [4.78, 5) is 12.7. The Morgan fingerprint density at radius 3 is 2.07 bits per heavy atom. The maximum Gasteiger partial charge on any atom is 0.229 e. The number of hydrogen-bond donors (Lipinski definition) is 9. The molecule has 9 N–H and O–H groups in total. The lowest BCUT2D eigenvalue weighted by Gasteiger charge is -2.45. The zero-order valence-corrected chi connectivity index (χ0v) is 21.9. The molecule has 0 amide bonds. The molecule has 0 unspecified atom stereocenters. The summed E-state index contributed by atoms with van der Waals surface area (Å²) in [5.74, 6) is -2.00. The van der Waals surface area contributed by atoms with Crippen LogP contribution in [0.3, 0.4) is 0 Å². The largest absolute Gasteiger partial charge is 0.508 e. The second kappa shape index (κ2) is 12.9. The van der Waals surface area contributed by atoms with Crippen molar-refractivity contribution < 1.29 is 69.7 Å². The molecule has 0 spiro atoms. The van der Waals surface area contributed by atoms with Crippen molar-refractivity contribution in [3.8, 4) is 23.0 Å². The molecule has 14 heteroatoms. The quantitative estimate of drug-likeness (QED) is 0.156. The van der Waals surface area contributed by atoms with E-state index >= 15 is 0 Å². The number of ketones is 1. The summed E-state index contributed by atoms with van der Waals surface area (Å²) in [5, 5.41) is 91.5. The first-order valence-electron chi connectivity index (χ1n) is 12.9. The molecule has 2 aliphatic rings. The molecule has 0 aromatic heterocycles. The van der Waals surface area contributed by atoms with E-state index in [9.17, 15) is 50.8 Å². The number of Topliss-reactive ketones (excluding diaryl/α,β-unsaturated/α-hetero) is 1. The van der Waals surface area contributed by atoms with Crippen LogP contribution < -0.4 is 4.74 Å². The lowest BCUT2D eigenvalue weighted by Crippen LogP contribution is -2.64. The number of ether oxygens (including phenoxy) is 4. The normalized spacial score (nSPS) is 33.8. The number of aromatic hydroxyl groups is 3. The van der Waals surface area contributed by atoms with E-state index in [0.29, 0.717) is 0 Å². The van der Waals surface area contributed by atoms with Gasteiger partial charge >= 0.3 is 0 Å².